The van der Waals surface area contributed by atoms with Gasteiger partial charge in [0.05, 0.1) is 12.2 Å². The van der Waals surface area contributed by atoms with Crippen LogP contribution in [0.1, 0.15) is 28.4 Å². The van der Waals surface area contributed by atoms with Crippen LogP contribution in [0, 0.1) is 12.7 Å². The summed E-state index contributed by atoms with van der Waals surface area (Å²) >= 11 is 5.24. The molecule has 2 N–H and O–H groups in total. The van der Waals surface area contributed by atoms with Crippen molar-refractivity contribution in [3.8, 4) is 0 Å². The summed E-state index contributed by atoms with van der Waals surface area (Å²) in [5.74, 6) is -0.668. The van der Waals surface area contributed by atoms with Crippen LogP contribution in [-0.4, -0.2) is 17.7 Å². The van der Waals surface area contributed by atoms with E-state index in [0.717, 1.165) is 5.56 Å². The van der Waals surface area contributed by atoms with Gasteiger partial charge in [-0.15, -0.1) is 0 Å². The molecule has 0 radical (unpaired) electrons. The highest BCUT2D eigenvalue weighted by atomic mass is 32.1. The molecule has 0 aromatic heterocycles. The van der Waals surface area contributed by atoms with Gasteiger partial charge in [0.25, 0.3) is 0 Å². The number of ether oxygens (including phenoxy) is 1. The van der Waals surface area contributed by atoms with Gasteiger partial charge in [-0.05, 0) is 49.8 Å². The van der Waals surface area contributed by atoms with E-state index < -0.39 is 0 Å². The number of nitrogens with one attached hydrogen (secondary N) is 2. The molecule has 0 saturated carbocycles. The number of benzene rings is 2. The van der Waals surface area contributed by atoms with E-state index in [1.165, 1.54) is 6.07 Å². The van der Waals surface area contributed by atoms with E-state index in [-0.39, 0.29) is 18.3 Å². The first kappa shape index (κ1) is 17.9. The van der Waals surface area contributed by atoms with E-state index >= 15 is 0 Å². The second-order valence-electron chi connectivity index (χ2n) is 5.15. The van der Waals surface area contributed by atoms with E-state index in [1.807, 2.05) is 13.0 Å². The number of hydrogen-bond acceptors (Lipinski definition) is 3. The number of hydrogen-bond donors (Lipinski definition) is 2. The molecular weight excluding hydrogens is 327 g/mol. The Morgan fingerprint density at radius 3 is 2.71 bits per heavy atom. The van der Waals surface area contributed by atoms with Crippen molar-refractivity contribution in [2.45, 2.75) is 20.4 Å². The zero-order valence-electron chi connectivity index (χ0n) is 13.6. The number of aryl methyl sites for hydroxylation is 1. The Labute approximate surface area is 146 Å². The monoisotopic (exact) mass is 346 g/mol. The van der Waals surface area contributed by atoms with Crippen LogP contribution in [0.2, 0.25) is 0 Å². The van der Waals surface area contributed by atoms with Crippen molar-refractivity contribution in [1.29, 1.82) is 0 Å². The lowest BCUT2D eigenvalue weighted by molar-refractivity contribution is 0.0526. The first-order chi connectivity index (χ1) is 11.5. The van der Waals surface area contributed by atoms with Crippen molar-refractivity contribution in [1.82, 2.24) is 5.32 Å². The molecule has 0 aliphatic rings. The molecule has 2 aromatic rings. The van der Waals surface area contributed by atoms with Crippen molar-refractivity contribution >= 4 is 29.0 Å². The topological polar surface area (TPSA) is 50.4 Å². The number of thiocarbonyl (C=S) groups is 1. The van der Waals surface area contributed by atoms with E-state index in [0.29, 0.717) is 28.5 Å². The van der Waals surface area contributed by atoms with Crippen LogP contribution < -0.4 is 10.6 Å². The van der Waals surface area contributed by atoms with Gasteiger partial charge in [-0.25, -0.2) is 9.18 Å². The second-order valence-corrected chi connectivity index (χ2v) is 5.56. The molecule has 0 unspecified atom stereocenters. The first-order valence-electron chi connectivity index (χ1n) is 7.57. The van der Waals surface area contributed by atoms with Gasteiger partial charge >= 0.3 is 5.97 Å². The van der Waals surface area contributed by atoms with Crippen LogP contribution in [0.5, 0.6) is 0 Å². The fraction of sp³-hybridized carbons (Fsp3) is 0.222. The van der Waals surface area contributed by atoms with Gasteiger partial charge in [-0.1, -0.05) is 24.3 Å². The smallest absolute Gasteiger partial charge is 0.338 e. The third-order valence-corrected chi connectivity index (χ3v) is 3.64. The summed E-state index contributed by atoms with van der Waals surface area (Å²) in [5.41, 5.74) is 2.60. The molecule has 0 heterocycles. The van der Waals surface area contributed by atoms with Gasteiger partial charge in [-0.3, -0.25) is 0 Å². The molecule has 6 heteroatoms. The number of carbonyl (C=O) groups excluding carboxylic acids is 1. The van der Waals surface area contributed by atoms with Gasteiger partial charge in [0.2, 0.25) is 0 Å². The van der Waals surface area contributed by atoms with Gasteiger partial charge in [0.15, 0.2) is 5.11 Å². The summed E-state index contributed by atoms with van der Waals surface area (Å²) in [5, 5.41) is 6.33. The summed E-state index contributed by atoms with van der Waals surface area (Å²) in [6.07, 6.45) is 0. The molecule has 2 aromatic carbocycles. The average Bonchev–Trinajstić information content (AvgIpc) is 2.56. The lowest BCUT2D eigenvalue weighted by Gasteiger charge is -2.14. The molecule has 0 amide bonds. The Morgan fingerprint density at radius 1 is 1.25 bits per heavy atom. The quantitative estimate of drug-likeness (QED) is 0.637. The third-order valence-electron chi connectivity index (χ3n) is 3.39. The normalized spacial score (nSPS) is 10.1. The number of halogens is 1. The average molecular weight is 346 g/mol. The molecule has 24 heavy (non-hydrogen) atoms. The van der Waals surface area contributed by atoms with Crippen molar-refractivity contribution < 1.29 is 13.9 Å². The zero-order chi connectivity index (χ0) is 17.5. The van der Waals surface area contributed by atoms with Gasteiger partial charge in [0.1, 0.15) is 5.82 Å². The molecule has 0 atom stereocenters. The number of anilines is 1. The predicted molar refractivity (Wildman–Crippen MR) is 96.6 cm³/mol. The minimum atomic E-state index is -0.384. The van der Waals surface area contributed by atoms with Gasteiger partial charge in [-0.2, -0.15) is 0 Å². The number of carbonyl (C=O) groups is 1. The molecule has 0 bridgehead atoms. The maximum absolute atomic E-state index is 13.6. The Kier molecular flexibility index (Phi) is 6.26. The Hall–Kier alpha value is -2.47. The predicted octanol–water partition coefficient (Wildman–Crippen LogP) is 3.80. The summed E-state index contributed by atoms with van der Waals surface area (Å²) in [6.45, 7) is 4.25. The van der Waals surface area contributed by atoms with Crippen LogP contribution in [-0.2, 0) is 11.3 Å². The highest BCUT2D eigenvalue weighted by Crippen LogP contribution is 2.18. The van der Waals surface area contributed by atoms with Crippen molar-refractivity contribution in [2.75, 3.05) is 11.9 Å². The standard InChI is InChI=1S/C18H19FN2O2S/c1-3-23-17(22)13-9-8-12(2)16(10-13)21-18(24)20-11-14-6-4-5-7-15(14)19/h4-10H,3,11H2,1-2H3,(H2,20,21,24). The van der Waals surface area contributed by atoms with Crippen LogP contribution in [0.3, 0.4) is 0 Å². The molecule has 0 spiro atoms. The summed E-state index contributed by atoms with van der Waals surface area (Å²) in [7, 11) is 0. The van der Waals surface area contributed by atoms with Gasteiger partial charge in [0, 0.05) is 17.8 Å². The minimum absolute atomic E-state index is 0.273. The van der Waals surface area contributed by atoms with E-state index in [4.69, 9.17) is 17.0 Å². The van der Waals surface area contributed by atoms with E-state index in [1.54, 1.807) is 37.3 Å². The first-order valence-corrected chi connectivity index (χ1v) is 7.98. The van der Waals surface area contributed by atoms with Crippen LogP contribution in [0.15, 0.2) is 42.5 Å². The summed E-state index contributed by atoms with van der Waals surface area (Å²) in [4.78, 5) is 11.8. The van der Waals surface area contributed by atoms with E-state index in [2.05, 4.69) is 10.6 Å². The Bertz CT molecular complexity index is 750. The molecule has 4 nitrogen and oxygen atoms in total. The maximum Gasteiger partial charge on any atom is 0.338 e. The molecule has 0 fully saturated rings. The second kappa shape index (κ2) is 8.40. The van der Waals surface area contributed by atoms with Crippen LogP contribution in [0.4, 0.5) is 10.1 Å². The third kappa shape index (κ3) is 4.76. The summed E-state index contributed by atoms with van der Waals surface area (Å²) < 4.78 is 18.6. The molecule has 126 valence electrons. The lowest BCUT2D eigenvalue weighted by Crippen LogP contribution is -2.28. The zero-order valence-corrected chi connectivity index (χ0v) is 14.4. The van der Waals surface area contributed by atoms with E-state index in [9.17, 15) is 9.18 Å². The molecular formula is C18H19FN2O2S. The molecule has 2 rings (SSSR count). The minimum Gasteiger partial charge on any atom is -0.462 e. The fourth-order valence-electron chi connectivity index (χ4n) is 2.08. The molecule has 0 saturated heterocycles. The fourth-order valence-corrected chi connectivity index (χ4v) is 2.26. The van der Waals surface area contributed by atoms with Gasteiger partial charge < -0.3 is 15.4 Å². The SMILES string of the molecule is CCOC(=O)c1ccc(C)c(NC(=S)NCc2ccccc2F)c1. The Morgan fingerprint density at radius 2 is 2.00 bits per heavy atom. The van der Waals surface area contributed by atoms with Crippen LogP contribution >= 0.6 is 12.2 Å². The van der Waals surface area contributed by atoms with Crippen LogP contribution in [0.25, 0.3) is 0 Å². The summed E-state index contributed by atoms with van der Waals surface area (Å²) in [6, 6.07) is 11.7. The Balaban J connectivity index is 2.02. The molecule has 0 aliphatic carbocycles. The highest BCUT2D eigenvalue weighted by Gasteiger charge is 2.10. The van der Waals surface area contributed by atoms with Crippen molar-refractivity contribution in [3.63, 3.8) is 0 Å². The number of esters is 1. The molecule has 0 aliphatic heterocycles. The maximum atomic E-state index is 13.6. The van der Waals surface area contributed by atoms with Crippen molar-refractivity contribution in [3.05, 3.63) is 65.0 Å². The number of rotatable bonds is 5. The largest absolute Gasteiger partial charge is 0.462 e. The highest BCUT2D eigenvalue weighted by molar-refractivity contribution is 7.80. The lowest BCUT2D eigenvalue weighted by atomic mass is 10.1. The van der Waals surface area contributed by atoms with Crippen molar-refractivity contribution in [2.24, 2.45) is 0 Å².